The average molecular weight is 1310 g/mol. The van der Waals surface area contributed by atoms with Crippen molar-refractivity contribution in [2.75, 3.05) is 26.2 Å². The second kappa shape index (κ2) is 38.5. The van der Waals surface area contributed by atoms with Crippen LogP contribution < -0.4 is 81.0 Å². The second-order valence-electron chi connectivity index (χ2n) is 23.4. The van der Waals surface area contributed by atoms with Crippen molar-refractivity contribution < 1.29 is 82.8 Å². The van der Waals surface area contributed by atoms with E-state index in [1.807, 2.05) is 10.6 Å². The zero-order valence-electron chi connectivity index (χ0n) is 53.4. The monoisotopic (exact) mass is 1310 g/mol. The molecule has 93 heavy (non-hydrogen) atoms. The smallest absolute Gasteiger partial charge is 0.248 e. The summed E-state index contributed by atoms with van der Waals surface area (Å²) in [4.78, 5) is 185. The summed E-state index contributed by atoms with van der Waals surface area (Å²) in [6.07, 6.45) is -6.41. The standard InChI is InChI=1S/C60H92N16O17/c1-9-31(6)43-57(91)75-44(32(7)78)56(90)66-27-42(80)73-46(48(82)49(61)83)59(93)72-41(28-77)50(84)65-26-40(71-54(88)39(25-35-19-14-11-15-20-35)69-53(87)38(67-33(8)79)24-34-17-12-10-13-18-34)55(89)76-45(47(81)30(4)5)58(92)70-37(23-29(2)3)52(86)68-36(51(85)74-43)21-16-22-64-60(62)63/h10-15,17-20,29-32,36-41,43-48,77-78,81-82H,9,16,21-28H2,1-8H3,(H2,61,83)(H,65,84)(H,66,90)(H,67,79)(H,68,86)(H,69,87)(H,70,92)(H,71,88)(H,72,93)(H,73,80)(H,74,85)(H,75,91)(H,76,89)(H4,62,63,64)/t31-,32-,36+,37-,38+,39-,40-,41-,43-,44-,45-,46-,47+,48-/m0/s1. The maximum absolute atomic E-state index is 14.9. The van der Waals surface area contributed by atoms with E-state index in [1.54, 1.807) is 88.4 Å². The maximum atomic E-state index is 14.9. The van der Waals surface area contributed by atoms with Crippen molar-refractivity contribution in [3.63, 3.8) is 0 Å². The highest BCUT2D eigenvalue weighted by molar-refractivity contribution is 6.00. The van der Waals surface area contributed by atoms with Gasteiger partial charge in [0, 0.05) is 32.9 Å². The lowest BCUT2D eigenvalue weighted by Gasteiger charge is -2.31. The summed E-state index contributed by atoms with van der Waals surface area (Å²) in [5, 5.41) is 72.3. The fourth-order valence-corrected chi connectivity index (χ4v) is 9.41. The van der Waals surface area contributed by atoms with E-state index in [4.69, 9.17) is 17.2 Å². The molecule has 2 aromatic carbocycles. The number of amides is 13. The quantitative estimate of drug-likeness (QED) is 0.0279. The Kier molecular flexibility index (Phi) is 32.2. The van der Waals surface area contributed by atoms with Gasteiger partial charge in [-0.2, -0.15) is 0 Å². The molecule has 0 aromatic heterocycles. The first-order valence-corrected chi connectivity index (χ1v) is 30.4. The molecular weight excluding hydrogens is 1220 g/mol. The van der Waals surface area contributed by atoms with Crippen LogP contribution in [0.1, 0.15) is 92.2 Å². The van der Waals surface area contributed by atoms with Crippen molar-refractivity contribution in [1.29, 1.82) is 0 Å². The molecule has 0 unspecified atom stereocenters. The third kappa shape index (κ3) is 26.1. The molecule has 0 saturated carbocycles. The largest absolute Gasteiger partial charge is 0.394 e. The number of benzene rings is 2. The number of primary amides is 1. The Bertz CT molecular complexity index is 2930. The molecule has 33 nitrogen and oxygen atoms in total. The van der Waals surface area contributed by atoms with Crippen molar-refractivity contribution >= 4 is 82.8 Å². The van der Waals surface area contributed by atoms with Gasteiger partial charge in [-0.25, -0.2) is 0 Å². The number of aliphatic hydroxyl groups is 4. The van der Waals surface area contributed by atoms with Gasteiger partial charge < -0.3 is 101 Å². The van der Waals surface area contributed by atoms with E-state index < -0.39 is 187 Å². The van der Waals surface area contributed by atoms with E-state index in [1.165, 1.54) is 20.8 Å². The van der Waals surface area contributed by atoms with Gasteiger partial charge in [0.25, 0.3) is 0 Å². The van der Waals surface area contributed by atoms with Crippen LogP contribution >= 0.6 is 0 Å². The molecule has 1 aliphatic heterocycles. The summed E-state index contributed by atoms with van der Waals surface area (Å²) in [7, 11) is 0. The first-order valence-electron chi connectivity index (χ1n) is 30.4. The number of nitrogens with zero attached hydrogens (tertiary/aromatic N) is 1. The molecule has 1 fully saturated rings. The van der Waals surface area contributed by atoms with E-state index in [9.17, 15) is 82.8 Å². The molecule has 33 heteroatoms. The van der Waals surface area contributed by atoms with Crippen LogP contribution in [0, 0.1) is 17.8 Å². The average Bonchev–Trinajstić information content (AvgIpc) is 1.67. The summed E-state index contributed by atoms with van der Waals surface area (Å²) < 4.78 is 0. The molecule has 0 spiro atoms. The van der Waals surface area contributed by atoms with Crippen LogP contribution in [0.25, 0.3) is 0 Å². The van der Waals surface area contributed by atoms with Gasteiger partial charge in [0.2, 0.25) is 76.8 Å². The number of aliphatic hydroxyl groups excluding tert-OH is 4. The molecule has 1 heterocycles. The van der Waals surface area contributed by atoms with Crippen molar-refractivity contribution in [3.05, 3.63) is 71.8 Å². The summed E-state index contributed by atoms with van der Waals surface area (Å²) in [5.41, 5.74) is 17.5. The van der Waals surface area contributed by atoms with Gasteiger partial charge in [-0.15, -0.1) is 0 Å². The Morgan fingerprint density at radius 1 is 0.591 bits per heavy atom. The van der Waals surface area contributed by atoms with Crippen molar-refractivity contribution in [3.8, 4) is 0 Å². The van der Waals surface area contributed by atoms with E-state index in [0.717, 1.165) is 6.92 Å². The molecular formula is C60H92N16O17. The number of rotatable bonds is 23. The predicted octanol–water partition coefficient (Wildman–Crippen LogP) is -7.03. The number of nitrogens with two attached hydrogens (primary N) is 3. The lowest BCUT2D eigenvalue weighted by molar-refractivity contribution is -0.140. The maximum Gasteiger partial charge on any atom is 0.248 e. The molecule has 2 aromatic rings. The van der Waals surface area contributed by atoms with Crippen LogP contribution in [0.15, 0.2) is 65.7 Å². The van der Waals surface area contributed by atoms with E-state index in [2.05, 4.69) is 58.2 Å². The van der Waals surface area contributed by atoms with E-state index >= 15 is 0 Å². The van der Waals surface area contributed by atoms with E-state index in [0.29, 0.717) is 11.1 Å². The van der Waals surface area contributed by atoms with Crippen LogP contribution in [0.3, 0.4) is 0 Å². The van der Waals surface area contributed by atoms with Crippen molar-refractivity contribution in [1.82, 2.24) is 63.8 Å². The van der Waals surface area contributed by atoms with E-state index in [-0.39, 0.29) is 56.9 Å². The highest BCUT2D eigenvalue weighted by Crippen LogP contribution is 2.15. The van der Waals surface area contributed by atoms with Crippen LogP contribution in [0.4, 0.5) is 0 Å². The second-order valence-corrected chi connectivity index (χ2v) is 23.4. The fourth-order valence-electron chi connectivity index (χ4n) is 9.41. The topological polar surface area (TPSA) is 538 Å². The minimum absolute atomic E-state index is 0.0413. The number of aliphatic imine (C=N–C) groups is 1. The third-order valence-corrected chi connectivity index (χ3v) is 14.8. The van der Waals surface area contributed by atoms with Crippen molar-refractivity contribution in [2.45, 2.75) is 173 Å². The van der Waals surface area contributed by atoms with Crippen LogP contribution in [0.2, 0.25) is 0 Å². The number of hydrogen-bond donors (Lipinski definition) is 19. The Morgan fingerprint density at radius 3 is 1.62 bits per heavy atom. The molecule has 0 radical (unpaired) electrons. The molecule has 1 saturated heterocycles. The highest BCUT2D eigenvalue weighted by atomic mass is 16.3. The van der Waals surface area contributed by atoms with Crippen LogP contribution in [-0.2, 0) is 75.2 Å². The van der Waals surface area contributed by atoms with Gasteiger partial charge >= 0.3 is 0 Å². The molecule has 0 aliphatic carbocycles. The summed E-state index contributed by atoms with van der Waals surface area (Å²) >= 11 is 0. The number of hydrogen-bond acceptors (Lipinski definition) is 18. The van der Waals surface area contributed by atoms with Gasteiger partial charge in [0.1, 0.15) is 60.4 Å². The number of carbonyl (C=O) groups excluding carboxylic acids is 13. The lowest BCUT2D eigenvalue weighted by atomic mass is 9.96. The molecule has 14 atom stereocenters. The Labute approximate surface area is 538 Å². The number of nitrogens with one attached hydrogen (secondary N) is 12. The predicted molar refractivity (Wildman–Crippen MR) is 335 cm³/mol. The Balaban J connectivity index is 2.30. The fraction of sp³-hybridized carbons (Fsp3) is 0.567. The van der Waals surface area contributed by atoms with Crippen LogP contribution in [0.5, 0.6) is 0 Å². The lowest BCUT2D eigenvalue weighted by Crippen LogP contribution is -2.65. The minimum atomic E-state index is -2.55. The van der Waals surface area contributed by atoms with Crippen LogP contribution in [-0.4, -0.2) is 208 Å². The zero-order chi connectivity index (χ0) is 69.8. The van der Waals surface area contributed by atoms with Gasteiger partial charge in [0.05, 0.1) is 25.4 Å². The normalized spacial score (nSPS) is 23.2. The molecule has 0 bridgehead atoms. The molecule has 3 rings (SSSR count). The number of carbonyl (C=O) groups is 13. The first-order chi connectivity index (χ1) is 43.8. The summed E-state index contributed by atoms with van der Waals surface area (Å²) in [6, 6.07) is -0.983. The number of guanidine groups is 1. The first kappa shape index (κ1) is 77.9. The Morgan fingerprint density at radius 2 is 1.11 bits per heavy atom. The SMILES string of the molecule is CC[C@H](C)[C@@H]1NC(=O)[C@@H](CCCN=C(N)N)NC(=O)[C@H](CC(C)C)NC(=O)[C@H]([C@H](O)C(C)C)NC(=O)[C@@H](NC(=O)[C@H](Cc2ccccc2)NC(=O)[C@@H](Cc2ccccc2)NC(C)=O)CNC(=O)[C@H](CO)NC(=O)[C@H]([C@H](O)C(N)=O)NC(=O)CNC(=O)[C@H]([C@H](C)O)NC1=O. The van der Waals surface area contributed by atoms with Gasteiger partial charge in [0.15, 0.2) is 12.1 Å². The highest BCUT2D eigenvalue weighted by Gasteiger charge is 2.41. The molecule has 13 amide bonds. The van der Waals surface area contributed by atoms with Gasteiger partial charge in [-0.3, -0.25) is 67.3 Å². The Hall–Kier alpha value is -9.34. The van der Waals surface area contributed by atoms with Gasteiger partial charge in [-0.05, 0) is 55.1 Å². The summed E-state index contributed by atoms with van der Waals surface area (Å²) in [5.74, 6) is -17.2. The summed E-state index contributed by atoms with van der Waals surface area (Å²) in [6.45, 7) is 8.47. The minimum Gasteiger partial charge on any atom is -0.394 e. The van der Waals surface area contributed by atoms with Gasteiger partial charge in [-0.1, -0.05) is 109 Å². The molecule has 514 valence electrons. The van der Waals surface area contributed by atoms with Crippen molar-refractivity contribution in [2.24, 2.45) is 39.9 Å². The molecule has 1 aliphatic rings. The third-order valence-electron chi connectivity index (χ3n) is 14.8. The molecule has 22 N–H and O–H groups in total. The zero-order valence-corrected chi connectivity index (χ0v) is 53.4.